The van der Waals surface area contributed by atoms with Gasteiger partial charge < -0.3 is 4.90 Å². The van der Waals surface area contributed by atoms with E-state index in [1.807, 2.05) is 6.07 Å². The first-order valence-electron chi connectivity index (χ1n) is 6.04. The van der Waals surface area contributed by atoms with E-state index in [9.17, 15) is 4.39 Å². The van der Waals surface area contributed by atoms with Gasteiger partial charge in [-0.2, -0.15) is 0 Å². The van der Waals surface area contributed by atoms with E-state index < -0.39 is 0 Å². The third-order valence-corrected chi connectivity index (χ3v) is 3.83. The maximum Gasteiger partial charge on any atom is 0.149 e. The summed E-state index contributed by atoms with van der Waals surface area (Å²) < 4.78 is 13.8. The van der Waals surface area contributed by atoms with Crippen LogP contribution >= 0.6 is 11.6 Å². The summed E-state index contributed by atoms with van der Waals surface area (Å²) in [6.07, 6.45) is 0.861. The minimum absolute atomic E-state index is 0.263. The van der Waals surface area contributed by atoms with Crippen molar-refractivity contribution in [3.63, 3.8) is 0 Å². The molecule has 0 aliphatic carbocycles. The van der Waals surface area contributed by atoms with Gasteiger partial charge in [-0.1, -0.05) is 12.1 Å². The number of likely N-dealkylation sites (N-methyl/N-ethyl adjacent to an activating group) is 1. The van der Waals surface area contributed by atoms with Crippen LogP contribution in [-0.2, 0) is 18.8 Å². The lowest BCUT2D eigenvalue weighted by molar-refractivity contribution is 0.309. The van der Waals surface area contributed by atoms with Crippen LogP contribution in [0.3, 0.4) is 0 Å². The number of fused-ring (bicyclic) bond motifs is 2. The minimum Gasteiger partial charge on any atom is -0.302 e. The average molecular weight is 265 g/mol. The van der Waals surface area contributed by atoms with Gasteiger partial charge in [-0.05, 0) is 24.2 Å². The highest BCUT2D eigenvalue weighted by Gasteiger charge is 2.21. The zero-order valence-corrected chi connectivity index (χ0v) is 11.0. The first kappa shape index (κ1) is 11.9. The van der Waals surface area contributed by atoms with Crippen molar-refractivity contribution in [1.29, 1.82) is 0 Å². The van der Waals surface area contributed by atoms with Crippen LogP contribution in [0.1, 0.15) is 16.8 Å². The molecule has 0 saturated carbocycles. The van der Waals surface area contributed by atoms with Gasteiger partial charge in [0.25, 0.3) is 0 Å². The van der Waals surface area contributed by atoms with E-state index in [2.05, 4.69) is 16.9 Å². The monoisotopic (exact) mass is 264 g/mol. The molecule has 1 aliphatic rings. The molecule has 0 unspecified atom stereocenters. The van der Waals surface area contributed by atoms with Crippen LogP contribution in [0, 0.1) is 5.82 Å². The summed E-state index contributed by atoms with van der Waals surface area (Å²) in [6, 6.07) is 5.07. The smallest absolute Gasteiger partial charge is 0.149 e. The summed E-state index contributed by atoms with van der Waals surface area (Å²) in [6.45, 7) is 1.80. The van der Waals surface area contributed by atoms with Crippen molar-refractivity contribution >= 4 is 22.5 Å². The van der Waals surface area contributed by atoms with E-state index in [0.717, 1.165) is 36.2 Å². The molecule has 1 aromatic heterocycles. The Kier molecular flexibility index (Phi) is 2.96. The highest BCUT2D eigenvalue weighted by Crippen LogP contribution is 2.29. The number of hydrogen-bond donors (Lipinski definition) is 0. The highest BCUT2D eigenvalue weighted by molar-refractivity contribution is 6.18. The van der Waals surface area contributed by atoms with Crippen molar-refractivity contribution < 1.29 is 4.39 Å². The van der Waals surface area contributed by atoms with Gasteiger partial charge in [0.15, 0.2) is 0 Å². The lowest BCUT2D eigenvalue weighted by Crippen LogP contribution is -2.28. The van der Waals surface area contributed by atoms with Crippen LogP contribution < -0.4 is 0 Å². The molecule has 0 spiro atoms. The molecule has 1 aliphatic heterocycles. The van der Waals surface area contributed by atoms with Crippen LogP contribution in [0.5, 0.6) is 0 Å². The van der Waals surface area contributed by atoms with E-state index in [1.165, 1.54) is 11.6 Å². The fraction of sp³-hybridized carbons (Fsp3) is 0.357. The molecule has 0 saturated heterocycles. The van der Waals surface area contributed by atoms with Crippen LogP contribution in [0.2, 0.25) is 0 Å². The molecule has 0 amide bonds. The van der Waals surface area contributed by atoms with Crippen molar-refractivity contribution in [2.45, 2.75) is 18.8 Å². The van der Waals surface area contributed by atoms with Crippen molar-refractivity contribution in [2.24, 2.45) is 0 Å². The van der Waals surface area contributed by atoms with Crippen molar-refractivity contribution in [2.75, 3.05) is 13.6 Å². The number of nitrogens with zero attached hydrogens (tertiary/aromatic N) is 2. The van der Waals surface area contributed by atoms with Gasteiger partial charge in [0.2, 0.25) is 0 Å². The molecular weight excluding hydrogens is 251 g/mol. The fourth-order valence-corrected chi connectivity index (χ4v) is 2.91. The number of pyridine rings is 1. The summed E-state index contributed by atoms with van der Waals surface area (Å²) in [7, 11) is 2.08. The topological polar surface area (TPSA) is 16.1 Å². The number of benzene rings is 1. The molecule has 2 aromatic rings. The maximum absolute atomic E-state index is 13.8. The second-order valence-electron chi connectivity index (χ2n) is 4.77. The molecule has 4 heteroatoms. The summed E-state index contributed by atoms with van der Waals surface area (Å²) in [5.74, 6) is 0.138. The van der Waals surface area contributed by atoms with Crippen LogP contribution in [0.15, 0.2) is 18.2 Å². The Morgan fingerprint density at radius 3 is 3.06 bits per heavy atom. The summed E-state index contributed by atoms with van der Waals surface area (Å²) in [4.78, 5) is 6.74. The third-order valence-electron chi connectivity index (χ3n) is 3.56. The summed E-state index contributed by atoms with van der Waals surface area (Å²) in [5.41, 5.74) is 3.66. The van der Waals surface area contributed by atoms with E-state index in [0.29, 0.717) is 11.4 Å². The van der Waals surface area contributed by atoms with Crippen molar-refractivity contribution in [1.82, 2.24) is 9.88 Å². The Labute approximate surface area is 110 Å². The largest absolute Gasteiger partial charge is 0.302 e. The lowest BCUT2D eigenvalue weighted by Gasteiger charge is -2.26. The second kappa shape index (κ2) is 4.48. The van der Waals surface area contributed by atoms with Gasteiger partial charge in [-0.15, -0.1) is 11.6 Å². The van der Waals surface area contributed by atoms with Gasteiger partial charge in [-0.25, -0.2) is 9.37 Å². The van der Waals surface area contributed by atoms with Gasteiger partial charge in [-0.3, -0.25) is 0 Å². The fourth-order valence-electron chi connectivity index (χ4n) is 2.60. The van der Waals surface area contributed by atoms with E-state index in [1.54, 1.807) is 6.07 Å². The quantitative estimate of drug-likeness (QED) is 0.736. The molecular formula is C14H14ClFN2. The van der Waals surface area contributed by atoms with E-state index in [4.69, 9.17) is 11.6 Å². The average Bonchev–Trinajstić information content (AvgIpc) is 2.37. The first-order chi connectivity index (χ1) is 8.70. The molecule has 1 aromatic carbocycles. The van der Waals surface area contributed by atoms with Crippen LogP contribution in [-0.4, -0.2) is 23.5 Å². The first-order valence-corrected chi connectivity index (χ1v) is 6.57. The molecule has 0 radical (unpaired) electrons. The number of rotatable bonds is 1. The molecule has 0 bridgehead atoms. The van der Waals surface area contributed by atoms with Gasteiger partial charge >= 0.3 is 0 Å². The van der Waals surface area contributed by atoms with Gasteiger partial charge in [0, 0.05) is 36.5 Å². The number of halogens is 2. The number of aromatic nitrogens is 1. The lowest BCUT2D eigenvalue weighted by atomic mass is 9.97. The second-order valence-corrected chi connectivity index (χ2v) is 5.04. The van der Waals surface area contributed by atoms with Gasteiger partial charge in [0.05, 0.1) is 0 Å². The SMILES string of the molecule is CN1CCc2nc3c(F)cccc3c(CCl)c2C1. The van der Waals surface area contributed by atoms with Crippen LogP contribution in [0.25, 0.3) is 10.9 Å². The molecule has 2 nitrogen and oxygen atoms in total. The van der Waals surface area contributed by atoms with E-state index >= 15 is 0 Å². The number of alkyl halides is 1. The standard InChI is InChI=1S/C14H14ClFN2/c1-18-6-5-13-11(8-18)10(7-15)9-3-2-4-12(16)14(9)17-13/h2-4H,5-8H2,1H3. The maximum atomic E-state index is 13.8. The third kappa shape index (κ3) is 1.78. The van der Waals surface area contributed by atoms with Crippen molar-refractivity contribution in [3.8, 4) is 0 Å². The Hall–Kier alpha value is -1.19. The normalized spacial score (nSPS) is 15.9. The number of para-hydroxylation sites is 1. The zero-order valence-electron chi connectivity index (χ0n) is 10.2. The van der Waals surface area contributed by atoms with Crippen molar-refractivity contribution in [3.05, 3.63) is 40.8 Å². The Balaban J connectivity index is 2.34. The Bertz CT molecular complexity index is 612. The zero-order chi connectivity index (χ0) is 12.7. The highest BCUT2D eigenvalue weighted by atomic mass is 35.5. The Morgan fingerprint density at radius 2 is 2.28 bits per heavy atom. The number of hydrogen-bond acceptors (Lipinski definition) is 2. The predicted molar refractivity (Wildman–Crippen MR) is 71.3 cm³/mol. The Morgan fingerprint density at radius 1 is 1.44 bits per heavy atom. The molecule has 0 N–H and O–H groups in total. The molecule has 18 heavy (non-hydrogen) atoms. The predicted octanol–water partition coefficient (Wildman–Crippen LogP) is 3.10. The van der Waals surface area contributed by atoms with Crippen LogP contribution in [0.4, 0.5) is 4.39 Å². The molecule has 0 fully saturated rings. The summed E-state index contributed by atoms with van der Waals surface area (Å²) >= 11 is 6.07. The minimum atomic E-state index is -0.263. The molecule has 2 heterocycles. The molecule has 3 rings (SSSR count). The molecule has 0 atom stereocenters. The summed E-state index contributed by atoms with van der Waals surface area (Å²) in [5, 5.41) is 0.846. The molecule has 94 valence electrons. The van der Waals surface area contributed by atoms with E-state index in [-0.39, 0.29) is 5.82 Å². The van der Waals surface area contributed by atoms with Gasteiger partial charge in [0.1, 0.15) is 11.3 Å².